The SMILES string of the molecule is COC(=O)C1=C(C)C2c3ccccc3C1c1c(C#C[Si](C)(C)C)ccc(C#C[Si](C)(C)C)c12. The Labute approximate surface area is 200 Å². The molecule has 0 amide bonds. The Hall–Kier alpha value is -2.80. The Morgan fingerprint density at radius 1 is 0.788 bits per heavy atom. The first-order valence-electron chi connectivity index (χ1n) is 11.5. The molecule has 2 bridgehead atoms. The van der Waals surface area contributed by atoms with E-state index in [1.165, 1.54) is 23.8 Å². The van der Waals surface area contributed by atoms with Crippen LogP contribution in [0.2, 0.25) is 39.3 Å². The number of benzene rings is 2. The van der Waals surface area contributed by atoms with Crippen molar-refractivity contribution in [1.29, 1.82) is 0 Å². The molecule has 0 spiro atoms. The van der Waals surface area contributed by atoms with Crippen LogP contribution in [0.3, 0.4) is 0 Å². The molecule has 2 atom stereocenters. The summed E-state index contributed by atoms with van der Waals surface area (Å²) in [5.74, 6) is 6.64. The van der Waals surface area contributed by atoms with E-state index in [0.29, 0.717) is 0 Å². The van der Waals surface area contributed by atoms with Crippen LogP contribution in [-0.2, 0) is 9.53 Å². The Kier molecular flexibility index (Phi) is 5.81. The van der Waals surface area contributed by atoms with Crippen LogP contribution < -0.4 is 0 Å². The third-order valence-corrected chi connectivity index (χ3v) is 7.93. The monoisotopic (exact) mass is 468 g/mol. The molecule has 0 aromatic heterocycles. The van der Waals surface area contributed by atoms with Crippen LogP contribution in [0.1, 0.15) is 52.1 Å². The highest BCUT2D eigenvalue weighted by molar-refractivity contribution is 6.84. The van der Waals surface area contributed by atoms with Gasteiger partial charge in [0.25, 0.3) is 0 Å². The van der Waals surface area contributed by atoms with Crippen molar-refractivity contribution in [2.75, 3.05) is 7.11 Å². The minimum Gasteiger partial charge on any atom is -0.466 e. The summed E-state index contributed by atoms with van der Waals surface area (Å²) in [6.07, 6.45) is 0. The van der Waals surface area contributed by atoms with Gasteiger partial charge in [-0.05, 0) is 46.9 Å². The van der Waals surface area contributed by atoms with Crippen LogP contribution in [-0.4, -0.2) is 29.2 Å². The van der Waals surface area contributed by atoms with Gasteiger partial charge in [-0.1, -0.05) is 75.4 Å². The van der Waals surface area contributed by atoms with Crippen molar-refractivity contribution in [2.24, 2.45) is 0 Å². The third-order valence-electron chi connectivity index (χ3n) is 6.18. The van der Waals surface area contributed by atoms with Crippen molar-refractivity contribution < 1.29 is 9.53 Å². The van der Waals surface area contributed by atoms with Gasteiger partial charge in [0, 0.05) is 28.5 Å². The molecule has 33 heavy (non-hydrogen) atoms. The molecule has 0 heterocycles. The van der Waals surface area contributed by atoms with Crippen LogP contribution in [0, 0.1) is 22.9 Å². The van der Waals surface area contributed by atoms with Gasteiger partial charge in [0.15, 0.2) is 0 Å². The van der Waals surface area contributed by atoms with Crippen LogP contribution in [0.15, 0.2) is 47.5 Å². The second-order valence-corrected chi connectivity index (χ2v) is 20.6. The van der Waals surface area contributed by atoms with Crippen molar-refractivity contribution in [3.63, 3.8) is 0 Å². The quantitative estimate of drug-likeness (QED) is 0.282. The van der Waals surface area contributed by atoms with Gasteiger partial charge >= 0.3 is 5.97 Å². The number of ether oxygens (including phenoxy) is 1. The van der Waals surface area contributed by atoms with Gasteiger partial charge in [-0.3, -0.25) is 0 Å². The molecule has 0 saturated heterocycles. The number of hydrogen-bond acceptors (Lipinski definition) is 2. The molecular formula is C29H32O2Si2. The van der Waals surface area contributed by atoms with Gasteiger partial charge in [0.2, 0.25) is 0 Å². The normalized spacial score (nSPS) is 18.4. The maximum Gasteiger partial charge on any atom is 0.334 e. The zero-order chi connectivity index (χ0) is 24.1. The standard InChI is InChI=1S/C29H32O2Si2/c1-19-24-22-11-9-10-12-23(22)28(25(19)29(30)31-2)27-21(16-18-33(6,7)8)14-13-20(26(24)27)15-17-32(3,4)5/h9-14,24,28H,1-8H3. The second kappa shape index (κ2) is 8.21. The average molecular weight is 469 g/mol. The predicted molar refractivity (Wildman–Crippen MR) is 142 cm³/mol. The molecule has 0 saturated carbocycles. The highest BCUT2D eigenvalue weighted by Gasteiger charge is 2.46. The lowest BCUT2D eigenvalue weighted by molar-refractivity contribution is -0.136. The highest BCUT2D eigenvalue weighted by Crippen LogP contribution is 2.57. The molecule has 3 aliphatic carbocycles. The number of esters is 1. The number of methoxy groups -OCH3 is 1. The topological polar surface area (TPSA) is 26.3 Å². The van der Waals surface area contributed by atoms with E-state index in [2.05, 4.69) is 106 Å². The predicted octanol–water partition coefficient (Wildman–Crippen LogP) is 6.22. The van der Waals surface area contributed by atoms with E-state index in [4.69, 9.17) is 4.74 Å². The van der Waals surface area contributed by atoms with Gasteiger partial charge in [0.1, 0.15) is 16.1 Å². The lowest BCUT2D eigenvalue weighted by Gasteiger charge is -2.43. The summed E-state index contributed by atoms with van der Waals surface area (Å²) in [5.41, 5.74) is 15.9. The summed E-state index contributed by atoms with van der Waals surface area (Å²) >= 11 is 0. The molecular weight excluding hydrogens is 436 g/mol. The van der Waals surface area contributed by atoms with Crippen LogP contribution >= 0.6 is 0 Å². The first kappa shape index (κ1) is 23.4. The molecule has 2 nitrogen and oxygen atoms in total. The maximum absolute atomic E-state index is 13.0. The molecule has 5 rings (SSSR count). The number of hydrogen-bond donors (Lipinski definition) is 0. The van der Waals surface area contributed by atoms with Crippen molar-refractivity contribution in [1.82, 2.24) is 0 Å². The van der Waals surface area contributed by atoms with E-state index < -0.39 is 16.1 Å². The fourth-order valence-corrected chi connectivity index (χ4v) is 5.87. The molecule has 0 radical (unpaired) electrons. The van der Waals surface area contributed by atoms with Crippen LogP contribution in [0.4, 0.5) is 0 Å². The van der Waals surface area contributed by atoms with Gasteiger partial charge in [-0.2, -0.15) is 0 Å². The first-order chi connectivity index (χ1) is 15.4. The zero-order valence-corrected chi connectivity index (χ0v) is 22.9. The Balaban J connectivity index is 2.09. The summed E-state index contributed by atoms with van der Waals surface area (Å²) in [5, 5.41) is 0. The average Bonchev–Trinajstić information content (AvgIpc) is 2.74. The minimum atomic E-state index is -1.58. The number of allylic oxidation sites excluding steroid dienone is 1. The van der Waals surface area contributed by atoms with Crippen LogP contribution in [0.5, 0.6) is 0 Å². The third kappa shape index (κ3) is 4.26. The molecule has 0 N–H and O–H groups in total. The number of carbonyl (C=O) groups is 1. The lowest BCUT2D eigenvalue weighted by Crippen LogP contribution is -2.32. The maximum atomic E-state index is 13.0. The van der Waals surface area contributed by atoms with Crippen molar-refractivity contribution in [3.05, 3.63) is 80.9 Å². The van der Waals surface area contributed by atoms with Crippen molar-refractivity contribution in [3.8, 4) is 22.9 Å². The van der Waals surface area contributed by atoms with Crippen molar-refractivity contribution >= 4 is 22.1 Å². The fourth-order valence-electron chi connectivity index (χ4n) is 4.86. The van der Waals surface area contributed by atoms with E-state index in [1.807, 2.05) is 0 Å². The molecule has 0 aliphatic heterocycles. The van der Waals surface area contributed by atoms with Gasteiger partial charge in [0.05, 0.1) is 7.11 Å². The van der Waals surface area contributed by atoms with Gasteiger partial charge in [-0.15, -0.1) is 11.1 Å². The smallest absolute Gasteiger partial charge is 0.334 e. The van der Waals surface area contributed by atoms with E-state index in [-0.39, 0.29) is 17.8 Å². The zero-order valence-electron chi connectivity index (χ0n) is 20.9. The molecule has 0 fully saturated rings. The summed E-state index contributed by atoms with van der Waals surface area (Å²) in [7, 11) is -1.66. The summed E-state index contributed by atoms with van der Waals surface area (Å²) < 4.78 is 5.27. The minimum absolute atomic E-state index is 0.00475. The van der Waals surface area contributed by atoms with Gasteiger partial charge in [-0.25, -0.2) is 4.79 Å². The Morgan fingerprint density at radius 3 is 1.70 bits per heavy atom. The largest absolute Gasteiger partial charge is 0.466 e. The highest BCUT2D eigenvalue weighted by atomic mass is 28.3. The molecule has 2 unspecified atom stereocenters. The van der Waals surface area contributed by atoms with Crippen LogP contribution in [0.25, 0.3) is 0 Å². The molecule has 3 aliphatic rings. The summed E-state index contributed by atoms with van der Waals surface area (Å²) in [6.45, 7) is 15.6. The Bertz CT molecular complexity index is 1310. The lowest BCUT2D eigenvalue weighted by atomic mass is 9.59. The molecule has 168 valence electrons. The first-order valence-corrected chi connectivity index (χ1v) is 18.5. The molecule has 2 aromatic rings. The van der Waals surface area contributed by atoms with Gasteiger partial charge < -0.3 is 4.74 Å². The number of carbonyl (C=O) groups excluding carboxylic acids is 1. The second-order valence-electron chi connectivity index (χ2n) is 11.1. The van der Waals surface area contributed by atoms with E-state index in [0.717, 1.165) is 27.8 Å². The molecule has 4 heteroatoms. The summed E-state index contributed by atoms with van der Waals surface area (Å²) in [4.78, 5) is 13.0. The molecule has 2 aromatic carbocycles. The van der Waals surface area contributed by atoms with E-state index in [9.17, 15) is 4.79 Å². The Morgan fingerprint density at radius 2 is 1.24 bits per heavy atom. The van der Waals surface area contributed by atoms with E-state index >= 15 is 0 Å². The fraction of sp³-hybridized carbons (Fsp3) is 0.345. The summed E-state index contributed by atoms with van der Waals surface area (Å²) in [6, 6.07) is 12.8. The number of rotatable bonds is 1. The van der Waals surface area contributed by atoms with E-state index in [1.54, 1.807) is 0 Å². The van der Waals surface area contributed by atoms with Crippen molar-refractivity contribution in [2.45, 2.75) is 58.0 Å².